The lowest BCUT2D eigenvalue weighted by atomic mass is 10.3. The first kappa shape index (κ1) is 15.9. The molecule has 0 atom stereocenters. The number of benzene rings is 1. The van der Waals surface area contributed by atoms with Crippen molar-refractivity contribution in [3.05, 3.63) is 34.8 Å². The summed E-state index contributed by atoms with van der Waals surface area (Å²) in [5, 5.41) is 3.82. The fourth-order valence-corrected chi connectivity index (χ4v) is 4.01. The van der Waals surface area contributed by atoms with Crippen LogP contribution in [0.5, 0.6) is 5.75 Å². The molecule has 114 valence electrons. The standard InChI is InChI=1S/C13H16N2O4S2/c1-10-13(20-15-14-10)9-21(16,17)12-5-3-11(4-6-12)19-8-7-18-2/h3-6H,7-9H2,1-2H3. The zero-order chi connectivity index (χ0) is 15.3. The van der Waals surface area contributed by atoms with Crippen molar-refractivity contribution < 1.29 is 17.9 Å². The number of nitrogens with zero attached hydrogens (tertiary/aromatic N) is 2. The number of hydrogen-bond donors (Lipinski definition) is 0. The molecule has 0 radical (unpaired) electrons. The van der Waals surface area contributed by atoms with Gasteiger partial charge in [0.05, 0.1) is 27.8 Å². The summed E-state index contributed by atoms with van der Waals surface area (Å²) in [7, 11) is -1.80. The summed E-state index contributed by atoms with van der Waals surface area (Å²) in [4.78, 5) is 0.921. The average molecular weight is 328 g/mol. The Morgan fingerprint density at radius 2 is 1.90 bits per heavy atom. The minimum atomic E-state index is -3.40. The number of rotatable bonds is 7. The molecule has 0 saturated heterocycles. The highest BCUT2D eigenvalue weighted by Crippen LogP contribution is 2.22. The summed E-state index contributed by atoms with van der Waals surface area (Å²) < 4.78 is 38.7. The van der Waals surface area contributed by atoms with Crippen LogP contribution in [-0.4, -0.2) is 38.3 Å². The fourth-order valence-electron chi connectivity index (χ4n) is 1.63. The smallest absolute Gasteiger partial charge is 0.183 e. The minimum absolute atomic E-state index is 0.0830. The van der Waals surface area contributed by atoms with E-state index in [0.29, 0.717) is 29.5 Å². The Kier molecular flexibility index (Phi) is 5.27. The number of methoxy groups -OCH3 is 1. The molecule has 1 aromatic heterocycles. The summed E-state index contributed by atoms with van der Waals surface area (Å²) in [6.45, 7) is 2.66. The van der Waals surface area contributed by atoms with E-state index in [-0.39, 0.29) is 10.6 Å². The molecule has 21 heavy (non-hydrogen) atoms. The zero-order valence-corrected chi connectivity index (χ0v) is 13.4. The van der Waals surface area contributed by atoms with Crippen LogP contribution >= 0.6 is 11.5 Å². The molecule has 0 bridgehead atoms. The summed E-state index contributed by atoms with van der Waals surface area (Å²) in [6.07, 6.45) is 0. The Labute approximate surface area is 127 Å². The highest BCUT2D eigenvalue weighted by molar-refractivity contribution is 7.90. The molecule has 0 aliphatic rings. The van der Waals surface area contributed by atoms with Gasteiger partial charge in [0.15, 0.2) is 9.84 Å². The lowest BCUT2D eigenvalue weighted by Crippen LogP contribution is -2.06. The molecule has 6 nitrogen and oxygen atoms in total. The van der Waals surface area contributed by atoms with Gasteiger partial charge in [-0.25, -0.2) is 8.42 Å². The fraction of sp³-hybridized carbons (Fsp3) is 0.385. The van der Waals surface area contributed by atoms with Gasteiger partial charge in [-0.3, -0.25) is 0 Å². The van der Waals surface area contributed by atoms with Crippen LogP contribution < -0.4 is 4.74 Å². The summed E-state index contributed by atoms with van der Waals surface area (Å²) in [5.41, 5.74) is 0.656. The molecule has 1 aromatic carbocycles. The first-order valence-electron chi connectivity index (χ1n) is 6.25. The quantitative estimate of drug-likeness (QED) is 0.722. The van der Waals surface area contributed by atoms with Gasteiger partial charge in [0.25, 0.3) is 0 Å². The van der Waals surface area contributed by atoms with Crippen molar-refractivity contribution in [1.82, 2.24) is 9.59 Å². The van der Waals surface area contributed by atoms with E-state index in [4.69, 9.17) is 9.47 Å². The largest absolute Gasteiger partial charge is 0.491 e. The molecule has 0 fully saturated rings. The molecule has 0 unspecified atom stereocenters. The third-order valence-corrected chi connectivity index (χ3v) is 5.47. The Hall–Kier alpha value is -1.51. The molecular weight excluding hydrogens is 312 g/mol. The van der Waals surface area contributed by atoms with Crippen LogP contribution in [0.2, 0.25) is 0 Å². The molecule has 8 heteroatoms. The molecule has 0 saturated carbocycles. The van der Waals surface area contributed by atoms with Gasteiger partial charge in [0.1, 0.15) is 12.4 Å². The molecule has 2 aromatic rings. The van der Waals surface area contributed by atoms with Crippen LogP contribution in [0.25, 0.3) is 0 Å². The number of aryl methyl sites for hydroxylation is 1. The molecule has 0 aliphatic carbocycles. The number of hydrogen-bond acceptors (Lipinski definition) is 7. The second kappa shape index (κ2) is 6.97. The van der Waals surface area contributed by atoms with Gasteiger partial charge in [-0.05, 0) is 42.7 Å². The number of ether oxygens (including phenoxy) is 2. The lowest BCUT2D eigenvalue weighted by molar-refractivity contribution is 0.146. The van der Waals surface area contributed by atoms with Crippen molar-refractivity contribution in [3.8, 4) is 5.75 Å². The SMILES string of the molecule is COCCOc1ccc(S(=O)(=O)Cc2snnc2C)cc1. The highest BCUT2D eigenvalue weighted by Gasteiger charge is 2.18. The van der Waals surface area contributed by atoms with Crippen LogP contribution in [0.1, 0.15) is 10.6 Å². The first-order valence-corrected chi connectivity index (χ1v) is 8.68. The lowest BCUT2D eigenvalue weighted by Gasteiger charge is -2.07. The molecule has 0 spiro atoms. The van der Waals surface area contributed by atoms with Gasteiger partial charge in [-0.1, -0.05) is 4.49 Å². The Bertz CT molecular complexity index is 680. The Morgan fingerprint density at radius 3 is 2.48 bits per heavy atom. The van der Waals surface area contributed by atoms with Crippen molar-refractivity contribution >= 4 is 21.4 Å². The topological polar surface area (TPSA) is 78.4 Å². The maximum atomic E-state index is 12.3. The molecule has 2 rings (SSSR count). The van der Waals surface area contributed by atoms with Crippen LogP contribution in [0.15, 0.2) is 29.2 Å². The second-order valence-electron chi connectivity index (χ2n) is 4.35. The van der Waals surface area contributed by atoms with E-state index < -0.39 is 9.84 Å². The maximum Gasteiger partial charge on any atom is 0.183 e. The predicted octanol–water partition coefficient (Wildman–Crippen LogP) is 1.85. The molecule has 0 N–H and O–H groups in total. The van der Waals surface area contributed by atoms with Crippen molar-refractivity contribution in [1.29, 1.82) is 0 Å². The summed E-state index contributed by atoms with van der Waals surface area (Å²) >= 11 is 1.11. The zero-order valence-electron chi connectivity index (χ0n) is 11.8. The van der Waals surface area contributed by atoms with Gasteiger partial charge in [-0.2, -0.15) is 0 Å². The van der Waals surface area contributed by atoms with E-state index in [2.05, 4.69) is 9.59 Å². The monoisotopic (exact) mass is 328 g/mol. The highest BCUT2D eigenvalue weighted by atomic mass is 32.2. The summed E-state index contributed by atoms with van der Waals surface area (Å²) in [6, 6.07) is 6.36. The van der Waals surface area contributed by atoms with E-state index in [1.54, 1.807) is 38.3 Å². The first-order chi connectivity index (χ1) is 10.0. The van der Waals surface area contributed by atoms with E-state index in [0.717, 1.165) is 11.5 Å². The third kappa shape index (κ3) is 4.23. The number of aromatic nitrogens is 2. The van der Waals surface area contributed by atoms with Gasteiger partial charge in [0, 0.05) is 7.11 Å². The maximum absolute atomic E-state index is 12.3. The van der Waals surface area contributed by atoms with E-state index in [1.165, 1.54) is 0 Å². The second-order valence-corrected chi connectivity index (χ2v) is 7.18. The van der Waals surface area contributed by atoms with Crippen molar-refractivity contribution in [2.45, 2.75) is 17.6 Å². The predicted molar refractivity (Wildman–Crippen MR) is 79.3 cm³/mol. The molecular formula is C13H16N2O4S2. The average Bonchev–Trinajstić information content (AvgIpc) is 2.84. The van der Waals surface area contributed by atoms with Crippen LogP contribution in [0.3, 0.4) is 0 Å². The van der Waals surface area contributed by atoms with Gasteiger partial charge < -0.3 is 9.47 Å². The van der Waals surface area contributed by atoms with Crippen LogP contribution in [-0.2, 0) is 20.3 Å². The van der Waals surface area contributed by atoms with Crippen molar-refractivity contribution in [3.63, 3.8) is 0 Å². The summed E-state index contributed by atoms with van der Waals surface area (Å²) in [5.74, 6) is 0.530. The Morgan fingerprint density at radius 1 is 1.19 bits per heavy atom. The van der Waals surface area contributed by atoms with E-state index in [9.17, 15) is 8.42 Å². The van der Waals surface area contributed by atoms with E-state index >= 15 is 0 Å². The van der Waals surface area contributed by atoms with Gasteiger partial charge in [-0.15, -0.1) is 5.10 Å². The third-order valence-electron chi connectivity index (χ3n) is 2.81. The molecule has 0 aliphatic heterocycles. The van der Waals surface area contributed by atoms with Crippen molar-refractivity contribution in [2.75, 3.05) is 20.3 Å². The number of sulfone groups is 1. The molecule has 1 heterocycles. The van der Waals surface area contributed by atoms with Crippen LogP contribution in [0, 0.1) is 6.92 Å². The minimum Gasteiger partial charge on any atom is -0.491 e. The van der Waals surface area contributed by atoms with E-state index in [1.807, 2.05) is 0 Å². The Balaban J connectivity index is 2.08. The normalized spacial score (nSPS) is 11.5. The van der Waals surface area contributed by atoms with Crippen molar-refractivity contribution in [2.24, 2.45) is 0 Å². The van der Waals surface area contributed by atoms with Gasteiger partial charge in [0.2, 0.25) is 0 Å². The van der Waals surface area contributed by atoms with Gasteiger partial charge >= 0.3 is 0 Å². The molecule has 0 amide bonds. The van der Waals surface area contributed by atoms with Crippen LogP contribution in [0.4, 0.5) is 0 Å².